The fourth-order valence-corrected chi connectivity index (χ4v) is 3.92. The van der Waals surface area contributed by atoms with Gasteiger partial charge in [-0.15, -0.1) is 0 Å². The molecule has 1 unspecified atom stereocenters. The van der Waals surface area contributed by atoms with Gasteiger partial charge in [0.15, 0.2) is 8.32 Å². The van der Waals surface area contributed by atoms with Crippen LogP contribution < -0.4 is 0 Å². The zero-order chi connectivity index (χ0) is 17.3. The minimum absolute atomic E-state index is 0.0554. The lowest BCUT2D eigenvalue weighted by atomic mass is 10.1. The van der Waals surface area contributed by atoms with Crippen molar-refractivity contribution < 1.29 is 19.1 Å². The van der Waals surface area contributed by atoms with Crippen molar-refractivity contribution in [1.82, 2.24) is 0 Å². The normalized spacial score (nSPS) is 12.7. The van der Waals surface area contributed by atoms with E-state index >= 15 is 0 Å². The first-order valence-electron chi connectivity index (χ1n) is 7.99. The molecular formula is C18H28O4Si. The lowest BCUT2D eigenvalue weighted by Gasteiger charge is -2.24. The maximum absolute atomic E-state index is 11.3. The molecule has 0 saturated carbocycles. The number of carbonyl (C=O) groups excluding carboxylic acids is 1. The highest BCUT2D eigenvalue weighted by molar-refractivity contribution is 6.71. The predicted molar refractivity (Wildman–Crippen MR) is 94.8 cm³/mol. The van der Waals surface area contributed by atoms with Crippen molar-refractivity contribution in [2.75, 3.05) is 13.2 Å². The molecule has 0 radical (unpaired) electrons. The largest absolute Gasteiger partial charge is 0.460 e. The van der Waals surface area contributed by atoms with E-state index in [1.54, 1.807) is 6.92 Å². The minimum atomic E-state index is -1.82. The number of hydrogen-bond donors (Lipinski definition) is 1. The Morgan fingerprint density at radius 3 is 2.52 bits per heavy atom. The second kappa shape index (κ2) is 9.65. The number of aliphatic hydroxyl groups excluding tert-OH is 1. The van der Waals surface area contributed by atoms with Gasteiger partial charge in [0.25, 0.3) is 0 Å². The van der Waals surface area contributed by atoms with Crippen LogP contribution in [0.5, 0.6) is 0 Å². The van der Waals surface area contributed by atoms with Crippen molar-refractivity contribution in [1.29, 1.82) is 0 Å². The van der Waals surface area contributed by atoms with Gasteiger partial charge in [-0.05, 0) is 44.5 Å². The van der Waals surface area contributed by atoms with E-state index in [2.05, 4.69) is 43.9 Å². The molecule has 1 aromatic carbocycles. The molecule has 0 amide bonds. The van der Waals surface area contributed by atoms with Crippen molar-refractivity contribution in [2.24, 2.45) is 0 Å². The average molecular weight is 337 g/mol. The van der Waals surface area contributed by atoms with Crippen LogP contribution >= 0.6 is 0 Å². The third-order valence-electron chi connectivity index (χ3n) is 3.51. The first kappa shape index (κ1) is 19.6. The molecular weight excluding hydrogens is 308 g/mol. The van der Waals surface area contributed by atoms with Crippen LogP contribution in [0.15, 0.2) is 42.5 Å². The highest BCUT2D eigenvalue weighted by Crippen LogP contribution is 2.16. The second-order valence-corrected chi connectivity index (χ2v) is 10.8. The number of esters is 1. The average Bonchev–Trinajstić information content (AvgIpc) is 2.51. The fourth-order valence-electron chi connectivity index (χ4n) is 2.10. The van der Waals surface area contributed by atoms with Crippen molar-refractivity contribution in [3.05, 3.63) is 48.0 Å². The summed E-state index contributed by atoms with van der Waals surface area (Å²) in [5.41, 5.74) is 1.66. The van der Waals surface area contributed by atoms with E-state index in [0.717, 1.165) is 18.9 Å². The minimum Gasteiger partial charge on any atom is -0.460 e. The van der Waals surface area contributed by atoms with Gasteiger partial charge in [-0.2, -0.15) is 0 Å². The summed E-state index contributed by atoms with van der Waals surface area (Å²) in [5.74, 6) is -0.483. The molecule has 0 bridgehead atoms. The molecule has 128 valence electrons. The number of benzene rings is 1. The highest BCUT2D eigenvalue weighted by Gasteiger charge is 2.23. The van der Waals surface area contributed by atoms with E-state index in [9.17, 15) is 9.90 Å². The molecule has 0 heterocycles. The molecule has 23 heavy (non-hydrogen) atoms. The van der Waals surface area contributed by atoms with Crippen molar-refractivity contribution in [2.45, 2.75) is 45.0 Å². The Balaban J connectivity index is 2.23. The van der Waals surface area contributed by atoms with Crippen LogP contribution in [0, 0.1) is 0 Å². The monoisotopic (exact) mass is 336 g/mol. The second-order valence-electron chi connectivity index (χ2n) is 6.44. The molecule has 1 N–H and O–H groups in total. The maximum Gasteiger partial charge on any atom is 0.333 e. The number of aliphatic hydroxyl groups is 1. The SMILES string of the molecule is C=C(C)C(=O)OCC(O)CO[Si](C)(C)CCCc1ccccc1. The molecule has 5 heteroatoms. The molecule has 1 aromatic rings. The van der Waals surface area contributed by atoms with E-state index in [1.807, 2.05) is 6.07 Å². The van der Waals surface area contributed by atoms with Crippen LogP contribution in [0.3, 0.4) is 0 Å². The third-order valence-corrected chi connectivity index (χ3v) is 6.01. The lowest BCUT2D eigenvalue weighted by Crippen LogP contribution is -2.35. The highest BCUT2D eigenvalue weighted by atomic mass is 28.4. The van der Waals surface area contributed by atoms with Crippen LogP contribution in [-0.2, 0) is 20.4 Å². The number of carbonyl (C=O) groups is 1. The number of aryl methyl sites for hydroxylation is 1. The van der Waals surface area contributed by atoms with Gasteiger partial charge in [-0.1, -0.05) is 36.9 Å². The summed E-state index contributed by atoms with van der Waals surface area (Å²) in [6, 6.07) is 11.4. The summed E-state index contributed by atoms with van der Waals surface area (Å²) in [6.07, 6.45) is 1.32. The van der Waals surface area contributed by atoms with Crippen molar-refractivity contribution >= 4 is 14.3 Å². The maximum atomic E-state index is 11.3. The molecule has 0 fully saturated rings. The van der Waals surface area contributed by atoms with Gasteiger partial charge >= 0.3 is 5.97 Å². The Hall–Kier alpha value is -1.43. The van der Waals surface area contributed by atoms with Crippen LogP contribution in [0.2, 0.25) is 19.1 Å². The Kier molecular flexibility index (Phi) is 8.23. The van der Waals surface area contributed by atoms with Gasteiger partial charge in [-0.25, -0.2) is 4.79 Å². The molecule has 0 aromatic heterocycles. The lowest BCUT2D eigenvalue weighted by molar-refractivity contribution is -0.142. The van der Waals surface area contributed by atoms with E-state index in [1.165, 1.54) is 5.56 Å². The number of hydrogen-bond acceptors (Lipinski definition) is 4. The van der Waals surface area contributed by atoms with E-state index in [-0.39, 0.29) is 13.2 Å². The predicted octanol–water partition coefficient (Wildman–Crippen LogP) is 3.32. The number of ether oxygens (including phenoxy) is 1. The molecule has 1 rings (SSSR count). The van der Waals surface area contributed by atoms with Gasteiger partial charge in [0.1, 0.15) is 12.7 Å². The van der Waals surface area contributed by atoms with Gasteiger partial charge in [0.2, 0.25) is 0 Å². The van der Waals surface area contributed by atoms with Gasteiger partial charge in [-0.3, -0.25) is 0 Å². The van der Waals surface area contributed by atoms with Gasteiger partial charge < -0.3 is 14.3 Å². The van der Waals surface area contributed by atoms with Crippen LogP contribution in [0.25, 0.3) is 0 Å². The first-order chi connectivity index (χ1) is 10.8. The molecule has 0 aliphatic rings. The van der Waals surface area contributed by atoms with E-state index in [0.29, 0.717) is 5.57 Å². The zero-order valence-electron chi connectivity index (χ0n) is 14.4. The Bertz CT molecular complexity index is 499. The van der Waals surface area contributed by atoms with Crippen molar-refractivity contribution in [3.8, 4) is 0 Å². The molecule has 0 aliphatic heterocycles. The third kappa shape index (κ3) is 8.69. The summed E-state index contributed by atoms with van der Waals surface area (Å²) in [7, 11) is -1.82. The molecule has 1 atom stereocenters. The molecule has 0 spiro atoms. The van der Waals surface area contributed by atoms with Gasteiger partial charge in [0, 0.05) is 5.57 Å². The smallest absolute Gasteiger partial charge is 0.333 e. The van der Waals surface area contributed by atoms with Gasteiger partial charge in [0.05, 0.1) is 6.61 Å². The first-order valence-corrected chi connectivity index (χ1v) is 11.1. The Morgan fingerprint density at radius 2 is 1.91 bits per heavy atom. The topological polar surface area (TPSA) is 55.8 Å². The summed E-state index contributed by atoms with van der Waals surface area (Å²) < 4.78 is 10.8. The Morgan fingerprint density at radius 1 is 1.26 bits per heavy atom. The summed E-state index contributed by atoms with van der Waals surface area (Å²) >= 11 is 0. The van der Waals surface area contributed by atoms with Crippen LogP contribution in [0.4, 0.5) is 0 Å². The fraction of sp³-hybridized carbons (Fsp3) is 0.500. The van der Waals surface area contributed by atoms with E-state index < -0.39 is 20.4 Å². The van der Waals surface area contributed by atoms with Crippen molar-refractivity contribution in [3.63, 3.8) is 0 Å². The molecule has 0 aliphatic carbocycles. The standard InChI is InChI=1S/C18H28O4Si/c1-15(2)18(20)21-13-17(19)14-22-23(3,4)12-8-11-16-9-6-5-7-10-16/h5-7,9-10,17,19H,1,8,11-14H2,2-4H3. The summed E-state index contributed by atoms with van der Waals surface area (Å²) in [6.45, 7) is 9.51. The molecule has 0 saturated heterocycles. The Labute approximate surface area is 140 Å². The zero-order valence-corrected chi connectivity index (χ0v) is 15.4. The molecule has 4 nitrogen and oxygen atoms in total. The summed E-state index contributed by atoms with van der Waals surface area (Å²) in [4.78, 5) is 11.3. The summed E-state index contributed by atoms with van der Waals surface area (Å²) in [5, 5.41) is 9.84. The van der Waals surface area contributed by atoms with Crippen LogP contribution in [-0.4, -0.2) is 38.7 Å². The quantitative estimate of drug-likeness (QED) is 0.404. The van der Waals surface area contributed by atoms with Crippen LogP contribution in [0.1, 0.15) is 18.9 Å². The number of rotatable bonds is 10. The van der Waals surface area contributed by atoms with E-state index in [4.69, 9.17) is 9.16 Å².